The number of carbonyl (C=O) groups is 1. The summed E-state index contributed by atoms with van der Waals surface area (Å²) < 4.78 is 1.00. The molecule has 0 unspecified atom stereocenters. The molecule has 0 radical (unpaired) electrons. The maximum absolute atomic E-state index is 13.3. The van der Waals surface area contributed by atoms with E-state index in [0.29, 0.717) is 5.92 Å². The van der Waals surface area contributed by atoms with Crippen LogP contribution in [0.15, 0.2) is 59.1 Å². The monoisotopic (exact) mass is 408 g/mol. The van der Waals surface area contributed by atoms with E-state index in [-0.39, 0.29) is 5.91 Å². The predicted octanol–water partition coefficient (Wildman–Crippen LogP) is 5.54. The second-order valence-corrected chi connectivity index (χ2v) is 7.97. The van der Waals surface area contributed by atoms with E-state index in [2.05, 4.69) is 22.9 Å². The smallest absolute Gasteiger partial charge is 0.254 e. The number of hydrogen-bond acceptors (Lipinski definition) is 2. The van der Waals surface area contributed by atoms with Crippen molar-refractivity contribution in [2.45, 2.75) is 19.8 Å². The van der Waals surface area contributed by atoms with E-state index in [1.54, 1.807) is 0 Å². The molecule has 1 fully saturated rings. The highest BCUT2D eigenvalue weighted by Gasteiger charge is 2.23. The molecule has 3 nitrogen and oxygen atoms in total. The van der Waals surface area contributed by atoms with Gasteiger partial charge in [0.1, 0.15) is 0 Å². The fourth-order valence-electron chi connectivity index (χ4n) is 3.53. The number of likely N-dealkylation sites (tertiary alicyclic amines) is 1. The summed E-state index contributed by atoms with van der Waals surface area (Å²) in [6.45, 7) is 3.93. The molecule has 4 heteroatoms. The average Bonchev–Trinajstić information content (AvgIpc) is 2.67. The van der Waals surface area contributed by atoms with Gasteiger partial charge in [-0.1, -0.05) is 53.2 Å². The molecule has 0 aliphatic carbocycles. The van der Waals surface area contributed by atoms with Crippen LogP contribution in [0.3, 0.4) is 0 Å². The van der Waals surface area contributed by atoms with Gasteiger partial charge in [-0.2, -0.15) is 0 Å². The predicted molar refractivity (Wildman–Crippen MR) is 109 cm³/mol. The Balaban J connectivity index is 1.81. The Kier molecular flexibility index (Phi) is 4.77. The van der Waals surface area contributed by atoms with Gasteiger partial charge in [-0.25, -0.2) is 4.98 Å². The number of piperidine rings is 1. The number of para-hydroxylation sites is 1. The van der Waals surface area contributed by atoms with Gasteiger partial charge in [-0.05, 0) is 43.0 Å². The van der Waals surface area contributed by atoms with Gasteiger partial charge in [0.05, 0.1) is 16.8 Å². The summed E-state index contributed by atoms with van der Waals surface area (Å²) in [5.74, 6) is 0.817. The number of amides is 1. The Morgan fingerprint density at radius 3 is 2.62 bits per heavy atom. The van der Waals surface area contributed by atoms with E-state index in [9.17, 15) is 4.79 Å². The molecule has 26 heavy (non-hydrogen) atoms. The standard InChI is InChI=1S/C22H21BrN2O/c1-15-9-11-25(12-10-15)22(26)19-14-21(16-5-4-6-17(23)13-16)24-20-8-3-2-7-18(19)20/h2-8,13-15H,9-12H2,1H3. The van der Waals surface area contributed by atoms with Crippen molar-refractivity contribution in [1.29, 1.82) is 0 Å². The van der Waals surface area contributed by atoms with Gasteiger partial charge < -0.3 is 4.90 Å². The third-order valence-corrected chi connectivity index (χ3v) is 5.63. The maximum Gasteiger partial charge on any atom is 0.254 e. The van der Waals surface area contributed by atoms with E-state index < -0.39 is 0 Å². The summed E-state index contributed by atoms with van der Waals surface area (Å²) in [7, 11) is 0. The van der Waals surface area contributed by atoms with E-state index in [4.69, 9.17) is 4.98 Å². The van der Waals surface area contributed by atoms with E-state index >= 15 is 0 Å². The fourth-order valence-corrected chi connectivity index (χ4v) is 3.93. The van der Waals surface area contributed by atoms with Gasteiger partial charge in [0, 0.05) is 28.5 Å². The minimum Gasteiger partial charge on any atom is -0.339 e. The maximum atomic E-state index is 13.3. The first-order valence-corrected chi connectivity index (χ1v) is 9.86. The fraction of sp³-hybridized carbons (Fsp3) is 0.273. The molecule has 0 bridgehead atoms. The molecular formula is C22H21BrN2O. The zero-order valence-corrected chi connectivity index (χ0v) is 16.4. The van der Waals surface area contributed by atoms with Crippen LogP contribution in [0, 0.1) is 5.92 Å². The second-order valence-electron chi connectivity index (χ2n) is 7.06. The first-order valence-electron chi connectivity index (χ1n) is 9.07. The van der Waals surface area contributed by atoms with E-state index in [1.165, 1.54) is 0 Å². The number of benzene rings is 2. The first-order chi connectivity index (χ1) is 12.6. The van der Waals surface area contributed by atoms with E-state index in [0.717, 1.165) is 58.1 Å². The molecule has 1 aliphatic heterocycles. The summed E-state index contributed by atoms with van der Waals surface area (Å²) in [5, 5.41) is 0.926. The topological polar surface area (TPSA) is 33.2 Å². The molecule has 0 saturated carbocycles. The minimum absolute atomic E-state index is 0.117. The van der Waals surface area contributed by atoms with Crippen LogP contribution in [-0.2, 0) is 0 Å². The summed E-state index contributed by atoms with van der Waals surface area (Å²) in [6, 6.07) is 17.9. The van der Waals surface area contributed by atoms with Gasteiger partial charge in [0.2, 0.25) is 0 Å². The Bertz CT molecular complexity index is 961. The van der Waals surface area contributed by atoms with Crippen LogP contribution in [0.2, 0.25) is 0 Å². The van der Waals surface area contributed by atoms with Crippen molar-refractivity contribution in [3.05, 3.63) is 64.6 Å². The number of aromatic nitrogens is 1. The molecule has 2 heterocycles. The van der Waals surface area contributed by atoms with Crippen LogP contribution in [-0.4, -0.2) is 28.9 Å². The Hall–Kier alpha value is -2.20. The quantitative estimate of drug-likeness (QED) is 0.557. The first kappa shape index (κ1) is 17.2. The highest BCUT2D eigenvalue weighted by molar-refractivity contribution is 9.10. The molecule has 0 atom stereocenters. The van der Waals surface area contributed by atoms with Gasteiger partial charge in [-0.15, -0.1) is 0 Å². The molecule has 3 aromatic rings. The van der Waals surface area contributed by atoms with Crippen molar-refractivity contribution < 1.29 is 4.79 Å². The number of rotatable bonds is 2. The molecule has 132 valence electrons. The molecule has 2 aromatic carbocycles. The number of carbonyl (C=O) groups excluding carboxylic acids is 1. The Morgan fingerprint density at radius 1 is 1.08 bits per heavy atom. The van der Waals surface area contributed by atoms with Crippen molar-refractivity contribution in [3.8, 4) is 11.3 Å². The van der Waals surface area contributed by atoms with Gasteiger partial charge in [-0.3, -0.25) is 4.79 Å². The number of pyridine rings is 1. The van der Waals surface area contributed by atoms with Crippen molar-refractivity contribution >= 4 is 32.7 Å². The van der Waals surface area contributed by atoms with Gasteiger partial charge in [0.25, 0.3) is 5.91 Å². The van der Waals surface area contributed by atoms with Crippen LogP contribution in [0.5, 0.6) is 0 Å². The number of halogens is 1. The van der Waals surface area contributed by atoms with Gasteiger partial charge in [0.15, 0.2) is 0 Å². The lowest BCUT2D eigenvalue weighted by Gasteiger charge is -2.30. The highest BCUT2D eigenvalue weighted by atomic mass is 79.9. The van der Waals surface area contributed by atoms with E-state index in [1.807, 2.05) is 59.5 Å². The van der Waals surface area contributed by atoms with Crippen LogP contribution >= 0.6 is 15.9 Å². The zero-order chi connectivity index (χ0) is 18.1. The number of hydrogen-bond donors (Lipinski definition) is 0. The highest BCUT2D eigenvalue weighted by Crippen LogP contribution is 2.28. The average molecular weight is 409 g/mol. The van der Waals surface area contributed by atoms with Crippen LogP contribution in [0.4, 0.5) is 0 Å². The molecule has 1 amide bonds. The second kappa shape index (κ2) is 7.20. The molecule has 4 rings (SSSR count). The van der Waals surface area contributed by atoms with Crippen molar-refractivity contribution in [2.24, 2.45) is 5.92 Å². The van der Waals surface area contributed by atoms with Crippen molar-refractivity contribution in [2.75, 3.05) is 13.1 Å². The molecule has 1 aliphatic rings. The van der Waals surface area contributed by atoms with Crippen molar-refractivity contribution in [3.63, 3.8) is 0 Å². The van der Waals surface area contributed by atoms with Crippen LogP contribution in [0.1, 0.15) is 30.1 Å². The molecular weight excluding hydrogens is 388 g/mol. The van der Waals surface area contributed by atoms with Gasteiger partial charge >= 0.3 is 0 Å². The molecule has 1 saturated heterocycles. The zero-order valence-electron chi connectivity index (χ0n) is 14.8. The molecule has 0 N–H and O–H groups in total. The third kappa shape index (κ3) is 3.38. The SMILES string of the molecule is CC1CCN(C(=O)c2cc(-c3cccc(Br)c3)nc3ccccc23)CC1. The Labute approximate surface area is 162 Å². The number of fused-ring (bicyclic) bond motifs is 1. The lowest BCUT2D eigenvalue weighted by Crippen LogP contribution is -2.38. The van der Waals surface area contributed by atoms with Crippen LogP contribution in [0.25, 0.3) is 22.2 Å². The Morgan fingerprint density at radius 2 is 1.85 bits per heavy atom. The summed E-state index contributed by atoms with van der Waals surface area (Å²) in [4.78, 5) is 20.0. The normalized spacial score (nSPS) is 15.4. The minimum atomic E-state index is 0.117. The van der Waals surface area contributed by atoms with Crippen molar-refractivity contribution in [1.82, 2.24) is 9.88 Å². The largest absolute Gasteiger partial charge is 0.339 e. The molecule has 1 aromatic heterocycles. The lowest BCUT2D eigenvalue weighted by molar-refractivity contribution is 0.0699. The summed E-state index contributed by atoms with van der Waals surface area (Å²) in [5.41, 5.74) is 3.45. The summed E-state index contributed by atoms with van der Waals surface area (Å²) >= 11 is 3.52. The third-order valence-electron chi connectivity index (χ3n) is 5.14. The van der Waals surface area contributed by atoms with Crippen LogP contribution < -0.4 is 0 Å². The molecule has 0 spiro atoms. The lowest BCUT2D eigenvalue weighted by atomic mass is 9.97. The summed E-state index contributed by atoms with van der Waals surface area (Å²) in [6.07, 6.45) is 2.15. The number of nitrogens with zero attached hydrogens (tertiary/aromatic N) is 2.